The van der Waals surface area contributed by atoms with E-state index in [1.54, 1.807) is 10.6 Å². The van der Waals surface area contributed by atoms with Crippen molar-refractivity contribution in [1.29, 1.82) is 0 Å². The maximum atomic E-state index is 12.0. The number of aryl methyl sites for hydroxylation is 3. The monoisotopic (exact) mass is 397 g/mol. The van der Waals surface area contributed by atoms with Crippen molar-refractivity contribution in [2.75, 3.05) is 5.75 Å². The van der Waals surface area contributed by atoms with E-state index in [-0.39, 0.29) is 12.4 Å². The summed E-state index contributed by atoms with van der Waals surface area (Å²) in [5.74, 6) is 1.45. The summed E-state index contributed by atoms with van der Waals surface area (Å²) in [6, 6.07) is 13.4. The lowest BCUT2D eigenvalue weighted by molar-refractivity contribution is 0.250. The van der Waals surface area contributed by atoms with E-state index in [0.29, 0.717) is 29.0 Å². The van der Waals surface area contributed by atoms with Gasteiger partial charge >= 0.3 is 5.76 Å². The molecule has 2 aromatic carbocycles. The quantitative estimate of drug-likeness (QED) is 0.436. The number of nitrogens with zero attached hydrogens (tertiary/aromatic N) is 3. The summed E-state index contributed by atoms with van der Waals surface area (Å²) < 4.78 is 18.2. The third-order valence-electron chi connectivity index (χ3n) is 4.26. The largest absolute Gasteiger partial charge is 0.484 e. The molecule has 0 fully saturated rings. The van der Waals surface area contributed by atoms with Gasteiger partial charge in [0.15, 0.2) is 12.2 Å². The van der Waals surface area contributed by atoms with E-state index in [2.05, 4.69) is 10.2 Å². The molecule has 0 radical (unpaired) electrons. The van der Waals surface area contributed by atoms with Crippen LogP contribution in [0.2, 0.25) is 0 Å². The fourth-order valence-corrected chi connectivity index (χ4v) is 3.51. The summed E-state index contributed by atoms with van der Waals surface area (Å²) in [6.45, 7) is 4.70. The Morgan fingerprint density at radius 2 is 1.96 bits per heavy atom. The van der Waals surface area contributed by atoms with Crippen LogP contribution in [0.25, 0.3) is 11.1 Å². The predicted molar refractivity (Wildman–Crippen MR) is 106 cm³/mol. The highest BCUT2D eigenvalue weighted by Gasteiger charge is 2.11. The summed E-state index contributed by atoms with van der Waals surface area (Å²) in [5, 5.41) is 8.49. The molecule has 0 aliphatic rings. The molecule has 0 unspecified atom stereocenters. The van der Waals surface area contributed by atoms with Crippen molar-refractivity contribution in [3.63, 3.8) is 0 Å². The molecule has 4 rings (SSSR count). The van der Waals surface area contributed by atoms with Gasteiger partial charge in [0.25, 0.3) is 11.1 Å². The molecule has 0 bridgehead atoms. The van der Waals surface area contributed by atoms with Crippen molar-refractivity contribution in [3.8, 4) is 5.75 Å². The van der Waals surface area contributed by atoms with Crippen LogP contribution in [0.5, 0.6) is 5.75 Å². The Hall–Kier alpha value is -3.00. The maximum absolute atomic E-state index is 12.0. The van der Waals surface area contributed by atoms with Crippen molar-refractivity contribution in [2.45, 2.75) is 32.2 Å². The average molecular weight is 397 g/mol. The van der Waals surface area contributed by atoms with Crippen LogP contribution in [0.4, 0.5) is 0 Å². The summed E-state index contributed by atoms with van der Waals surface area (Å²) in [6.07, 6.45) is 0. The van der Waals surface area contributed by atoms with Crippen LogP contribution in [0.3, 0.4) is 0 Å². The second kappa shape index (κ2) is 7.93. The van der Waals surface area contributed by atoms with E-state index in [4.69, 9.17) is 13.6 Å². The van der Waals surface area contributed by atoms with E-state index < -0.39 is 0 Å². The van der Waals surface area contributed by atoms with Gasteiger partial charge in [0.2, 0.25) is 0 Å². The lowest BCUT2D eigenvalue weighted by Crippen LogP contribution is -2.15. The van der Waals surface area contributed by atoms with Gasteiger partial charge in [-0.2, -0.15) is 0 Å². The van der Waals surface area contributed by atoms with Gasteiger partial charge in [0.05, 0.1) is 5.52 Å². The minimum atomic E-state index is -0.366. The standard InChI is InChI=1S/C20H19N3O4S/c1-13-7-8-14(2)17(11-13)25-12-18-21-22-19(27-18)28-10-9-23-15-5-3-4-6-16(15)26-20(23)24/h3-8,11H,9-10,12H2,1-2H3. The van der Waals surface area contributed by atoms with Gasteiger partial charge in [0, 0.05) is 12.3 Å². The second-order valence-electron chi connectivity index (χ2n) is 6.36. The van der Waals surface area contributed by atoms with Crippen molar-refractivity contribution < 1.29 is 13.6 Å². The first-order valence-corrected chi connectivity index (χ1v) is 9.82. The van der Waals surface area contributed by atoms with E-state index >= 15 is 0 Å². The number of thioether (sulfide) groups is 1. The van der Waals surface area contributed by atoms with Gasteiger partial charge in [-0.05, 0) is 43.2 Å². The van der Waals surface area contributed by atoms with E-state index in [1.165, 1.54) is 11.8 Å². The van der Waals surface area contributed by atoms with Gasteiger partial charge in [-0.3, -0.25) is 4.57 Å². The maximum Gasteiger partial charge on any atom is 0.419 e. The van der Waals surface area contributed by atoms with E-state index in [1.807, 2.05) is 50.2 Å². The van der Waals surface area contributed by atoms with Crippen LogP contribution in [0.15, 0.2) is 61.3 Å². The van der Waals surface area contributed by atoms with E-state index in [0.717, 1.165) is 22.4 Å². The van der Waals surface area contributed by atoms with Gasteiger partial charge in [0.1, 0.15) is 5.75 Å². The summed E-state index contributed by atoms with van der Waals surface area (Å²) in [4.78, 5) is 12.0. The number of benzene rings is 2. The number of para-hydroxylation sites is 2. The molecule has 0 N–H and O–H groups in total. The highest BCUT2D eigenvalue weighted by molar-refractivity contribution is 7.99. The third-order valence-corrected chi connectivity index (χ3v) is 5.06. The zero-order valence-electron chi connectivity index (χ0n) is 15.5. The van der Waals surface area contributed by atoms with Crippen LogP contribution in [0, 0.1) is 13.8 Å². The number of ether oxygens (including phenoxy) is 1. The van der Waals surface area contributed by atoms with Gasteiger partial charge < -0.3 is 13.6 Å². The van der Waals surface area contributed by atoms with Crippen LogP contribution in [0.1, 0.15) is 17.0 Å². The van der Waals surface area contributed by atoms with Crippen molar-refractivity contribution in [3.05, 3.63) is 70.0 Å². The SMILES string of the molecule is Cc1ccc(C)c(OCc2nnc(SCCn3c(=O)oc4ccccc43)o2)c1. The third kappa shape index (κ3) is 3.96. The van der Waals surface area contributed by atoms with Crippen LogP contribution < -0.4 is 10.5 Å². The topological polar surface area (TPSA) is 83.3 Å². The Balaban J connectivity index is 1.34. The fraction of sp³-hybridized carbons (Fsp3) is 0.250. The molecule has 144 valence electrons. The Kier molecular flexibility index (Phi) is 5.21. The van der Waals surface area contributed by atoms with Gasteiger partial charge in [-0.1, -0.05) is 36.0 Å². The molecule has 0 saturated heterocycles. The molecule has 0 amide bonds. The molecular weight excluding hydrogens is 378 g/mol. The van der Waals surface area contributed by atoms with Gasteiger partial charge in [-0.25, -0.2) is 4.79 Å². The normalized spacial score (nSPS) is 11.2. The fourth-order valence-electron chi connectivity index (χ4n) is 2.81. The molecule has 7 nitrogen and oxygen atoms in total. The molecule has 4 aromatic rings. The molecule has 0 aliphatic heterocycles. The van der Waals surface area contributed by atoms with Crippen molar-refractivity contribution in [2.24, 2.45) is 0 Å². The number of hydrogen-bond donors (Lipinski definition) is 0. The summed E-state index contributed by atoms with van der Waals surface area (Å²) >= 11 is 1.39. The lowest BCUT2D eigenvalue weighted by Gasteiger charge is -2.07. The van der Waals surface area contributed by atoms with Crippen molar-refractivity contribution in [1.82, 2.24) is 14.8 Å². The van der Waals surface area contributed by atoms with Crippen LogP contribution in [-0.2, 0) is 13.2 Å². The minimum absolute atomic E-state index is 0.212. The average Bonchev–Trinajstić information content (AvgIpc) is 3.27. The first-order chi connectivity index (χ1) is 13.6. The molecule has 28 heavy (non-hydrogen) atoms. The van der Waals surface area contributed by atoms with Crippen LogP contribution >= 0.6 is 11.8 Å². The van der Waals surface area contributed by atoms with Crippen LogP contribution in [-0.4, -0.2) is 20.5 Å². The predicted octanol–water partition coefficient (Wildman–Crippen LogP) is 3.97. The Morgan fingerprint density at radius 3 is 2.86 bits per heavy atom. The second-order valence-corrected chi connectivity index (χ2v) is 7.40. The molecule has 0 aliphatic carbocycles. The van der Waals surface area contributed by atoms with Crippen molar-refractivity contribution >= 4 is 22.9 Å². The smallest absolute Gasteiger partial charge is 0.419 e. The highest BCUT2D eigenvalue weighted by Crippen LogP contribution is 2.22. The minimum Gasteiger partial charge on any atom is -0.484 e. The number of aromatic nitrogens is 3. The molecule has 2 heterocycles. The molecule has 0 atom stereocenters. The molecule has 0 spiro atoms. The number of fused-ring (bicyclic) bond motifs is 1. The Bertz CT molecular complexity index is 1160. The summed E-state index contributed by atoms with van der Waals surface area (Å²) in [5.41, 5.74) is 3.55. The molecule has 8 heteroatoms. The number of rotatable bonds is 7. The zero-order valence-corrected chi connectivity index (χ0v) is 16.4. The first-order valence-electron chi connectivity index (χ1n) is 8.84. The first kappa shape index (κ1) is 18.4. The van der Waals surface area contributed by atoms with Gasteiger partial charge in [-0.15, -0.1) is 10.2 Å². The number of oxazole rings is 1. The van der Waals surface area contributed by atoms with E-state index in [9.17, 15) is 4.79 Å². The molecular formula is C20H19N3O4S. The number of hydrogen-bond acceptors (Lipinski definition) is 7. The highest BCUT2D eigenvalue weighted by atomic mass is 32.2. The Labute approximate surface area is 165 Å². The molecule has 2 aromatic heterocycles. The summed E-state index contributed by atoms with van der Waals surface area (Å²) in [7, 11) is 0. The zero-order chi connectivity index (χ0) is 19.5. The molecule has 0 saturated carbocycles. The lowest BCUT2D eigenvalue weighted by atomic mass is 10.1. The Morgan fingerprint density at radius 1 is 1.11 bits per heavy atom.